The summed E-state index contributed by atoms with van der Waals surface area (Å²) in [5.74, 6) is 0.335. The van der Waals surface area contributed by atoms with E-state index in [-0.39, 0.29) is 11.7 Å². The Morgan fingerprint density at radius 2 is 1.95 bits per heavy atom. The van der Waals surface area contributed by atoms with Crippen molar-refractivity contribution in [3.63, 3.8) is 0 Å². The average molecular weight is 301 g/mol. The van der Waals surface area contributed by atoms with Crippen LogP contribution in [0, 0.1) is 12.7 Å². The van der Waals surface area contributed by atoms with Crippen molar-refractivity contribution in [2.24, 2.45) is 0 Å². The number of nitrogens with one attached hydrogen (secondary N) is 1. The van der Waals surface area contributed by atoms with E-state index in [0.29, 0.717) is 12.1 Å². The number of methoxy groups -OCH3 is 1. The third-order valence-electron chi connectivity index (χ3n) is 3.68. The molecule has 0 aromatic heterocycles. The van der Waals surface area contributed by atoms with Crippen molar-refractivity contribution in [2.45, 2.75) is 26.8 Å². The van der Waals surface area contributed by atoms with Crippen molar-refractivity contribution >= 4 is 5.91 Å². The maximum atomic E-state index is 13.1. The summed E-state index contributed by atoms with van der Waals surface area (Å²) in [4.78, 5) is 12.3. The maximum Gasteiger partial charge on any atom is 0.251 e. The van der Waals surface area contributed by atoms with Crippen LogP contribution in [0.2, 0.25) is 0 Å². The highest BCUT2D eigenvalue weighted by atomic mass is 19.1. The minimum Gasteiger partial charge on any atom is -0.497 e. The summed E-state index contributed by atoms with van der Waals surface area (Å²) in [6.45, 7) is 4.20. The molecule has 0 aliphatic carbocycles. The first-order valence-electron chi connectivity index (χ1n) is 7.25. The second-order valence-electron chi connectivity index (χ2n) is 5.13. The number of rotatable bonds is 5. The zero-order chi connectivity index (χ0) is 16.1. The van der Waals surface area contributed by atoms with Gasteiger partial charge in [-0.1, -0.05) is 13.0 Å². The van der Waals surface area contributed by atoms with Crippen LogP contribution >= 0.6 is 0 Å². The number of hydrogen-bond donors (Lipinski definition) is 1. The van der Waals surface area contributed by atoms with Gasteiger partial charge in [-0.25, -0.2) is 4.39 Å². The Bertz CT molecular complexity index is 683. The first kappa shape index (κ1) is 16.0. The Hall–Kier alpha value is -2.36. The van der Waals surface area contributed by atoms with Crippen LogP contribution in [0.3, 0.4) is 0 Å². The molecule has 0 radical (unpaired) electrons. The topological polar surface area (TPSA) is 38.3 Å². The van der Waals surface area contributed by atoms with Crippen molar-refractivity contribution in [2.75, 3.05) is 7.11 Å². The predicted octanol–water partition coefficient (Wildman–Crippen LogP) is 3.64. The first-order valence-corrected chi connectivity index (χ1v) is 7.25. The molecule has 0 bridgehead atoms. The first-order chi connectivity index (χ1) is 10.5. The molecule has 1 amide bonds. The van der Waals surface area contributed by atoms with Crippen molar-refractivity contribution in [1.29, 1.82) is 0 Å². The molecule has 0 aliphatic heterocycles. The third-order valence-corrected chi connectivity index (χ3v) is 3.68. The highest BCUT2D eigenvalue weighted by molar-refractivity contribution is 5.95. The van der Waals surface area contributed by atoms with Crippen LogP contribution in [0.1, 0.15) is 34.0 Å². The van der Waals surface area contributed by atoms with Gasteiger partial charge in [-0.2, -0.15) is 0 Å². The van der Waals surface area contributed by atoms with Gasteiger partial charge in [0.1, 0.15) is 11.6 Å². The lowest BCUT2D eigenvalue weighted by Gasteiger charge is -2.12. The molecule has 0 aliphatic rings. The molecule has 0 saturated heterocycles. The molecule has 116 valence electrons. The monoisotopic (exact) mass is 301 g/mol. The number of hydrogen-bond acceptors (Lipinski definition) is 2. The van der Waals surface area contributed by atoms with Gasteiger partial charge in [-0.05, 0) is 60.4 Å². The molecule has 0 fully saturated rings. The lowest BCUT2D eigenvalue weighted by molar-refractivity contribution is 0.0950. The van der Waals surface area contributed by atoms with E-state index in [4.69, 9.17) is 4.74 Å². The number of carbonyl (C=O) groups is 1. The minimum absolute atomic E-state index is 0.136. The van der Waals surface area contributed by atoms with Crippen LogP contribution in [0.15, 0.2) is 36.4 Å². The normalized spacial score (nSPS) is 10.4. The third kappa shape index (κ3) is 3.64. The molecule has 2 aromatic rings. The summed E-state index contributed by atoms with van der Waals surface area (Å²) < 4.78 is 18.3. The number of halogens is 1. The lowest BCUT2D eigenvalue weighted by atomic mass is 10.0. The molecule has 1 N–H and O–H groups in total. The molecule has 0 heterocycles. The fraction of sp³-hybridized carbons (Fsp3) is 0.278. The number of amides is 1. The summed E-state index contributed by atoms with van der Waals surface area (Å²) in [6, 6.07) is 9.98. The predicted molar refractivity (Wildman–Crippen MR) is 84.7 cm³/mol. The standard InChI is InChI=1S/C18H20FNO2/c1-4-13-10-16(22-3)7-8-17(13)18(21)20-11-14-5-6-15(19)9-12(14)2/h5-10H,4,11H2,1-3H3,(H,20,21). The van der Waals surface area contributed by atoms with Gasteiger partial charge in [0, 0.05) is 12.1 Å². The maximum absolute atomic E-state index is 13.1. The van der Waals surface area contributed by atoms with E-state index in [1.807, 2.05) is 19.9 Å². The van der Waals surface area contributed by atoms with Crippen LogP contribution < -0.4 is 10.1 Å². The van der Waals surface area contributed by atoms with Gasteiger partial charge in [0.05, 0.1) is 7.11 Å². The summed E-state index contributed by atoms with van der Waals surface area (Å²) in [6.07, 6.45) is 0.746. The van der Waals surface area contributed by atoms with Crippen molar-refractivity contribution in [3.05, 3.63) is 64.5 Å². The van der Waals surface area contributed by atoms with E-state index in [0.717, 1.165) is 28.9 Å². The molecule has 0 unspecified atom stereocenters. The van der Waals surface area contributed by atoms with Crippen molar-refractivity contribution < 1.29 is 13.9 Å². The van der Waals surface area contributed by atoms with Crippen LogP contribution in [-0.4, -0.2) is 13.0 Å². The van der Waals surface area contributed by atoms with Gasteiger partial charge in [0.25, 0.3) is 5.91 Å². The SMILES string of the molecule is CCc1cc(OC)ccc1C(=O)NCc1ccc(F)cc1C. The van der Waals surface area contributed by atoms with Gasteiger partial charge in [-0.15, -0.1) is 0 Å². The Balaban J connectivity index is 2.12. The van der Waals surface area contributed by atoms with Crippen molar-refractivity contribution in [3.8, 4) is 5.75 Å². The molecular weight excluding hydrogens is 281 g/mol. The summed E-state index contributed by atoms with van der Waals surface area (Å²) in [5, 5.41) is 2.89. The number of carbonyl (C=O) groups excluding carboxylic acids is 1. The summed E-state index contributed by atoms with van der Waals surface area (Å²) in [5.41, 5.74) is 3.31. The van der Waals surface area contributed by atoms with Crippen LogP contribution in [0.5, 0.6) is 5.75 Å². The highest BCUT2D eigenvalue weighted by Crippen LogP contribution is 2.18. The summed E-state index contributed by atoms with van der Waals surface area (Å²) >= 11 is 0. The quantitative estimate of drug-likeness (QED) is 0.915. The number of ether oxygens (including phenoxy) is 1. The molecule has 0 spiro atoms. The second kappa shape index (κ2) is 7.07. The minimum atomic E-state index is -0.268. The van der Waals surface area contributed by atoms with Gasteiger partial charge in [0.2, 0.25) is 0 Å². The Kier molecular flexibility index (Phi) is 5.15. The smallest absolute Gasteiger partial charge is 0.251 e. The molecule has 4 heteroatoms. The largest absolute Gasteiger partial charge is 0.497 e. The van der Waals surface area contributed by atoms with Gasteiger partial charge < -0.3 is 10.1 Å². The zero-order valence-corrected chi connectivity index (χ0v) is 13.1. The van der Waals surface area contributed by atoms with Gasteiger partial charge in [-0.3, -0.25) is 4.79 Å². The Morgan fingerprint density at radius 1 is 1.18 bits per heavy atom. The van der Waals surface area contributed by atoms with E-state index in [2.05, 4.69) is 5.32 Å². The molecular formula is C18H20FNO2. The average Bonchev–Trinajstić information content (AvgIpc) is 2.53. The molecule has 3 nitrogen and oxygen atoms in total. The number of aryl methyl sites for hydroxylation is 2. The molecule has 0 atom stereocenters. The zero-order valence-electron chi connectivity index (χ0n) is 13.1. The van der Waals surface area contributed by atoms with Gasteiger partial charge >= 0.3 is 0 Å². The molecule has 2 rings (SSSR count). The second-order valence-corrected chi connectivity index (χ2v) is 5.13. The van der Waals surface area contributed by atoms with Crippen LogP contribution in [0.25, 0.3) is 0 Å². The van der Waals surface area contributed by atoms with E-state index in [9.17, 15) is 9.18 Å². The van der Waals surface area contributed by atoms with E-state index in [1.54, 1.807) is 25.3 Å². The van der Waals surface area contributed by atoms with E-state index < -0.39 is 0 Å². The summed E-state index contributed by atoms with van der Waals surface area (Å²) in [7, 11) is 1.60. The van der Waals surface area contributed by atoms with Crippen LogP contribution in [-0.2, 0) is 13.0 Å². The van der Waals surface area contributed by atoms with Crippen molar-refractivity contribution in [1.82, 2.24) is 5.32 Å². The van der Waals surface area contributed by atoms with Crippen LogP contribution in [0.4, 0.5) is 4.39 Å². The molecule has 22 heavy (non-hydrogen) atoms. The molecule has 0 saturated carbocycles. The molecule has 2 aromatic carbocycles. The fourth-order valence-corrected chi connectivity index (χ4v) is 2.34. The number of benzene rings is 2. The Morgan fingerprint density at radius 3 is 2.59 bits per heavy atom. The van der Waals surface area contributed by atoms with Gasteiger partial charge in [0.15, 0.2) is 0 Å². The van der Waals surface area contributed by atoms with E-state index in [1.165, 1.54) is 12.1 Å². The Labute approximate surface area is 130 Å². The fourth-order valence-electron chi connectivity index (χ4n) is 2.34. The highest BCUT2D eigenvalue weighted by Gasteiger charge is 2.11. The lowest BCUT2D eigenvalue weighted by Crippen LogP contribution is -2.24. The van der Waals surface area contributed by atoms with E-state index >= 15 is 0 Å².